The highest BCUT2D eigenvalue weighted by atomic mass is 79.9. The number of hydrogen-bond donors (Lipinski definition) is 1. The maximum Gasteiger partial charge on any atom is 0.277 e. The maximum absolute atomic E-state index is 12.2. The van der Waals surface area contributed by atoms with E-state index in [1.807, 2.05) is 24.3 Å². The molecule has 9 heteroatoms. The standard InChI is InChI=1S/C14H12BrClN6O/c1-21-12(10(15)6-18-21)13(23)19-14-17-8-22(20-14)7-9-4-2-3-5-11(9)16/h2-6,8H,7H2,1H3,(H,19,20,23). The Balaban J connectivity index is 1.73. The van der Waals surface area contributed by atoms with Gasteiger partial charge in [0.2, 0.25) is 5.95 Å². The molecule has 0 atom stereocenters. The number of carbonyl (C=O) groups excluding carboxylic acids is 1. The lowest BCUT2D eigenvalue weighted by atomic mass is 10.2. The molecule has 3 rings (SSSR count). The predicted octanol–water partition coefficient (Wildman–Crippen LogP) is 2.73. The van der Waals surface area contributed by atoms with Gasteiger partial charge >= 0.3 is 0 Å². The van der Waals surface area contributed by atoms with Crippen LogP contribution >= 0.6 is 27.5 Å². The van der Waals surface area contributed by atoms with Crippen molar-refractivity contribution >= 4 is 39.4 Å². The number of nitrogens with zero attached hydrogens (tertiary/aromatic N) is 5. The van der Waals surface area contributed by atoms with Crippen molar-refractivity contribution in [3.63, 3.8) is 0 Å². The van der Waals surface area contributed by atoms with Crippen LogP contribution in [0.1, 0.15) is 16.1 Å². The van der Waals surface area contributed by atoms with Crippen LogP contribution in [0, 0.1) is 0 Å². The Kier molecular flexibility index (Phi) is 4.44. The molecule has 0 unspecified atom stereocenters. The zero-order valence-corrected chi connectivity index (χ0v) is 14.4. The first kappa shape index (κ1) is 15.7. The number of aryl methyl sites for hydroxylation is 1. The molecule has 0 bridgehead atoms. The van der Waals surface area contributed by atoms with Crippen molar-refractivity contribution in [2.24, 2.45) is 7.05 Å². The molecular weight excluding hydrogens is 384 g/mol. The minimum absolute atomic E-state index is 0.218. The van der Waals surface area contributed by atoms with Crippen molar-refractivity contribution in [3.8, 4) is 0 Å². The molecule has 0 saturated carbocycles. The zero-order valence-electron chi connectivity index (χ0n) is 12.1. The second kappa shape index (κ2) is 6.51. The van der Waals surface area contributed by atoms with E-state index < -0.39 is 0 Å². The molecule has 0 aliphatic heterocycles. The van der Waals surface area contributed by atoms with Crippen LogP contribution in [0.25, 0.3) is 0 Å². The summed E-state index contributed by atoms with van der Waals surface area (Å²) in [6.45, 7) is 0.470. The molecule has 0 spiro atoms. The molecule has 0 aliphatic carbocycles. The second-order valence-corrected chi connectivity index (χ2v) is 6.04. The van der Waals surface area contributed by atoms with Gasteiger partial charge in [-0.2, -0.15) is 5.10 Å². The van der Waals surface area contributed by atoms with E-state index in [1.165, 1.54) is 11.0 Å². The molecule has 1 amide bonds. The number of benzene rings is 1. The Morgan fingerprint density at radius 1 is 1.39 bits per heavy atom. The molecule has 7 nitrogen and oxygen atoms in total. The fourth-order valence-corrected chi connectivity index (χ4v) is 2.78. The highest BCUT2D eigenvalue weighted by Gasteiger charge is 2.17. The largest absolute Gasteiger partial charge is 0.288 e. The third-order valence-corrected chi connectivity index (χ3v) is 4.11. The average molecular weight is 396 g/mol. The summed E-state index contributed by atoms with van der Waals surface area (Å²) >= 11 is 9.41. The zero-order chi connectivity index (χ0) is 16.4. The smallest absolute Gasteiger partial charge is 0.277 e. The van der Waals surface area contributed by atoms with E-state index in [1.54, 1.807) is 17.9 Å². The normalized spacial score (nSPS) is 10.7. The topological polar surface area (TPSA) is 77.6 Å². The molecule has 0 aliphatic rings. The predicted molar refractivity (Wildman–Crippen MR) is 89.4 cm³/mol. The van der Waals surface area contributed by atoms with Crippen LogP contribution in [0.3, 0.4) is 0 Å². The summed E-state index contributed by atoms with van der Waals surface area (Å²) in [4.78, 5) is 16.3. The maximum atomic E-state index is 12.2. The lowest BCUT2D eigenvalue weighted by molar-refractivity contribution is 0.101. The molecule has 2 heterocycles. The third-order valence-electron chi connectivity index (χ3n) is 3.16. The SMILES string of the molecule is Cn1ncc(Br)c1C(=O)Nc1ncn(Cc2ccccc2Cl)n1. The highest BCUT2D eigenvalue weighted by Crippen LogP contribution is 2.17. The van der Waals surface area contributed by atoms with Crippen LogP contribution in [0.5, 0.6) is 0 Å². The van der Waals surface area contributed by atoms with Crippen molar-refractivity contribution in [1.29, 1.82) is 0 Å². The van der Waals surface area contributed by atoms with Gasteiger partial charge in [0, 0.05) is 12.1 Å². The first-order valence-electron chi connectivity index (χ1n) is 6.66. The van der Waals surface area contributed by atoms with E-state index in [9.17, 15) is 4.79 Å². The van der Waals surface area contributed by atoms with Crippen molar-refractivity contribution in [2.45, 2.75) is 6.54 Å². The van der Waals surface area contributed by atoms with Gasteiger partial charge in [0.05, 0.1) is 17.2 Å². The van der Waals surface area contributed by atoms with Gasteiger partial charge < -0.3 is 0 Å². The fourth-order valence-electron chi connectivity index (χ4n) is 2.06. The second-order valence-electron chi connectivity index (χ2n) is 4.78. The quantitative estimate of drug-likeness (QED) is 0.737. The van der Waals surface area contributed by atoms with Crippen LogP contribution in [-0.2, 0) is 13.6 Å². The number of rotatable bonds is 4. The Bertz CT molecular complexity index is 839. The van der Waals surface area contributed by atoms with Gasteiger partial charge in [-0.3, -0.25) is 14.8 Å². The van der Waals surface area contributed by atoms with E-state index in [4.69, 9.17) is 11.6 Å². The Morgan fingerprint density at radius 2 is 2.17 bits per heavy atom. The molecule has 118 valence electrons. The van der Waals surface area contributed by atoms with Crippen LogP contribution < -0.4 is 5.32 Å². The minimum Gasteiger partial charge on any atom is -0.288 e. The molecule has 0 radical (unpaired) electrons. The summed E-state index contributed by atoms with van der Waals surface area (Å²) in [6, 6.07) is 7.50. The number of hydrogen-bond acceptors (Lipinski definition) is 4. The van der Waals surface area contributed by atoms with Crippen molar-refractivity contribution < 1.29 is 4.79 Å². The molecule has 0 fully saturated rings. The third kappa shape index (κ3) is 3.43. The summed E-state index contributed by atoms with van der Waals surface area (Å²) in [5.41, 5.74) is 1.32. The summed E-state index contributed by atoms with van der Waals surface area (Å²) in [7, 11) is 1.68. The van der Waals surface area contributed by atoms with E-state index in [0.29, 0.717) is 21.7 Å². The fraction of sp³-hybridized carbons (Fsp3) is 0.143. The molecule has 3 aromatic rings. The Hall–Kier alpha value is -2.19. The number of aromatic nitrogens is 5. The number of halogens is 2. The van der Waals surface area contributed by atoms with Gasteiger partial charge in [-0.25, -0.2) is 9.67 Å². The first-order valence-corrected chi connectivity index (χ1v) is 7.83. The van der Waals surface area contributed by atoms with E-state index in [2.05, 4.69) is 36.4 Å². The van der Waals surface area contributed by atoms with Gasteiger partial charge in [0.15, 0.2) is 0 Å². The highest BCUT2D eigenvalue weighted by molar-refractivity contribution is 9.10. The van der Waals surface area contributed by atoms with E-state index >= 15 is 0 Å². The van der Waals surface area contributed by atoms with Crippen molar-refractivity contribution in [3.05, 3.63) is 57.5 Å². The Labute approximate surface area is 145 Å². The van der Waals surface area contributed by atoms with Crippen LogP contribution in [-0.4, -0.2) is 30.5 Å². The Morgan fingerprint density at radius 3 is 2.87 bits per heavy atom. The lowest BCUT2D eigenvalue weighted by Gasteiger charge is -2.04. The number of amides is 1. The van der Waals surface area contributed by atoms with Crippen LogP contribution in [0.4, 0.5) is 5.95 Å². The number of carbonyl (C=O) groups is 1. The van der Waals surface area contributed by atoms with Gasteiger partial charge in [-0.15, -0.1) is 5.10 Å². The summed E-state index contributed by atoms with van der Waals surface area (Å²) in [5, 5.41) is 11.5. The molecule has 2 aromatic heterocycles. The average Bonchev–Trinajstić information content (AvgIpc) is 3.08. The van der Waals surface area contributed by atoms with Gasteiger partial charge in [0.1, 0.15) is 12.0 Å². The van der Waals surface area contributed by atoms with E-state index in [-0.39, 0.29) is 11.9 Å². The molecule has 1 N–H and O–H groups in total. The molecular formula is C14H12BrClN6O. The lowest BCUT2D eigenvalue weighted by Crippen LogP contribution is -2.17. The number of nitrogens with one attached hydrogen (secondary N) is 1. The first-order chi connectivity index (χ1) is 11.0. The minimum atomic E-state index is -0.340. The van der Waals surface area contributed by atoms with Gasteiger partial charge in [-0.05, 0) is 27.6 Å². The molecule has 1 aromatic carbocycles. The van der Waals surface area contributed by atoms with Crippen molar-refractivity contribution in [1.82, 2.24) is 24.5 Å². The van der Waals surface area contributed by atoms with Crippen LogP contribution in [0.15, 0.2) is 41.3 Å². The molecule has 23 heavy (non-hydrogen) atoms. The molecule has 0 saturated heterocycles. The summed E-state index contributed by atoms with van der Waals surface area (Å²) < 4.78 is 3.68. The van der Waals surface area contributed by atoms with Crippen molar-refractivity contribution in [2.75, 3.05) is 5.32 Å². The summed E-state index contributed by atoms with van der Waals surface area (Å²) in [5.74, 6) is -0.123. The summed E-state index contributed by atoms with van der Waals surface area (Å²) in [6.07, 6.45) is 3.09. The van der Waals surface area contributed by atoms with Gasteiger partial charge in [0.25, 0.3) is 5.91 Å². The monoisotopic (exact) mass is 394 g/mol. The number of anilines is 1. The van der Waals surface area contributed by atoms with E-state index in [0.717, 1.165) is 5.56 Å². The van der Waals surface area contributed by atoms with Crippen LogP contribution in [0.2, 0.25) is 5.02 Å². The van der Waals surface area contributed by atoms with Gasteiger partial charge in [-0.1, -0.05) is 29.8 Å².